The lowest BCUT2D eigenvalue weighted by molar-refractivity contribution is -0.135. The Balaban J connectivity index is 1.51. The Morgan fingerprint density at radius 2 is 2.17 bits per heavy atom. The highest BCUT2D eigenvalue weighted by atomic mass is 16.5. The van der Waals surface area contributed by atoms with E-state index in [1.807, 2.05) is 37.3 Å². The van der Waals surface area contributed by atoms with Crippen molar-refractivity contribution in [2.24, 2.45) is 0 Å². The first-order valence-electron chi connectivity index (χ1n) is 7.78. The number of carbonyl (C=O) groups is 1. The molecule has 0 fully saturated rings. The zero-order chi connectivity index (χ0) is 16.9. The van der Waals surface area contributed by atoms with E-state index < -0.39 is 0 Å². The zero-order valence-corrected chi connectivity index (χ0v) is 13.8. The largest absolute Gasteiger partial charge is 0.364 e. The van der Waals surface area contributed by atoms with Crippen molar-refractivity contribution in [1.82, 2.24) is 19.9 Å². The van der Waals surface area contributed by atoms with Crippen LogP contribution in [-0.2, 0) is 22.7 Å². The fraction of sp³-hybridized carbons (Fsp3) is 0.278. The Labute approximate surface area is 140 Å². The summed E-state index contributed by atoms with van der Waals surface area (Å²) in [7, 11) is 1.75. The summed E-state index contributed by atoms with van der Waals surface area (Å²) in [5, 5.41) is 0. The third kappa shape index (κ3) is 3.78. The average molecular weight is 324 g/mol. The number of hydrogen-bond donors (Lipinski definition) is 1. The number of nitrogens with zero attached hydrogens (tertiary/aromatic N) is 3. The lowest BCUT2D eigenvalue weighted by atomic mass is 10.2. The van der Waals surface area contributed by atoms with E-state index in [9.17, 15) is 4.79 Å². The number of H-pyrrole nitrogens is 1. The number of nitrogens with one attached hydrogen (secondary N) is 1. The lowest BCUT2D eigenvalue weighted by Crippen LogP contribution is -2.29. The van der Waals surface area contributed by atoms with Gasteiger partial charge in [-0.3, -0.25) is 9.78 Å². The number of pyridine rings is 1. The molecule has 0 atom stereocenters. The number of hydrogen-bond acceptors (Lipinski definition) is 4. The number of rotatable bonds is 6. The average Bonchev–Trinajstić information content (AvgIpc) is 3.00. The molecule has 0 aliphatic rings. The fourth-order valence-electron chi connectivity index (χ4n) is 2.49. The van der Waals surface area contributed by atoms with Crippen molar-refractivity contribution in [3.05, 3.63) is 59.7 Å². The monoisotopic (exact) mass is 324 g/mol. The molecule has 1 N–H and O–H groups in total. The van der Waals surface area contributed by atoms with Crippen molar-refractivity contribution in [3.8, 4) is 0 Å². The van der Waals surface area contributed by atoms with Crippen LogP contribution < -0.4 is 0 Å². The molecule has 1 aromatic carbocycles. The first-order chi connectivity index (χ1) is 11.6. The van der Waals surface area contributed by atoms with Crippen LogP contribution in [0.1, 0.15) is 17.0 Å². The highest BCUT2D eigenvalue weighted by Gasteiger charge is 2.11. The zero-order valence-electron chi connectivity index (χ0n) is 13.8. The van der Waals surface area contributed by atoms with Crippen molar-refractivity contribution < 1.29 is 9.53 Å². The maximum absolute atomic E-state index is 12.1. The second kappa shape index (κ2) is 7.23. The van der Waals surface area contributed by atoms with Crippen LogP contribution >= 0.6 is 0 Å². The summed E-state index contributed by atoms with van der Waals surface area (Å²) in [6.07, 6.45) is 3.46. The number of aromatic amines is 1. The Morgan fingerprint density at radius 1 is 1.29 bits per heavy atom. The van der Waals surface area contributed by atoms with E-state index in [0.717, 1.165) is 28.0 Å². The summed E-state index contributed by atoms with van der Waals surface area (Å²) >= 11 is 0. The van der Waals surface area contributed by atoms with Gasteiger partial charge in [0.1, 0.15) is 19.0 Å². The van der Waals surface area contributed by atoms with Gasteiger partial charge in [0.2, 0.25) is 5.91 Å². The van der Waals surface area contributed by atoms with Crippen molar-refractivity contribution in [1.29, 1.82) is 0 Å². The smallest absolute Gasteiger partial charge is 0.248 e. The van der Waals surface area contributed by atoms with E-state index in [1.165, 1.54) is 0 Å². The molecular formula is C18H20N4O2. The number of likely N-dealkylation sites (N-methyl/N-ethyl adjacent to an activating group) is 1. The molecular weight excluding hydrogens is 304 g/mol. The minimum atomic E-state index is -0.0776. The molecule has 0 bridgehead atoms. The summed E-state index contributed by atoms with van der Waals surface area (Å²) in [5.41, 5.74) is 4.02. The molecule has 24 heavy (non-hydrogen) atoms. The van der Waals surface area contributed by atoms with Crippen molar-refractivity contribution in [3.63, 3.8) is 0 Å². The molecule has 3 aromatic rings. The molecule has 0 spiro atoms. The molecule has 0 unspecified atom stereocenters. The summed E-state index contributed by atoms with van der Waals surface area (Å²) in [6.45, 7) is 2.83. The third-order valence-corrected chi connectivity index (χ3v) is 3.80. The first-order valence-corrected chi connectivity index (χ1v) is 7.78. The van der Waals surface area contributed by atoms with Gasteiger partial charge >= 0.3 is 0 Å². The minimum Gasteiger partial charge on any atom is -0.364 e. The van der Waals surface area contributed by atoms with E-state index >= 15 is 0 Å². The molecule has 2 aromatic heterocycles. The van der Waals surface area contributed by atoms with Crippen LogP contribution in [0.4, 0.5) is 0 Å². The highest BCUT2D eigenvalue weighted by Crippen LogP contribution is 2.15. The summed E-state index contributed by atoms with van der Waals surface area (Å²) in [5.74, 6) is 0.646. The van der Waals surface area contributed by atoms with E-state index in [2.05, 4.69) is 15.0 Å². The van der Waals surface area contributed by atoms with Crippen LogP contribution in [0.3, 0.4) is 0 Å². The Morgan fingerprint density at radius 3 is 2.92 bits per heavy atom. The number of amides is 1. The number of para-hydroxylation sites is 1. The molecule has 0 saturated carbocycles. The first kappa shape index (κ1) is 16.1. The SMILES string of the molecule is Cc1cccc2[nH]c(COCC(=O)N(C)Cc3cccnc3)nc12. The maximum atomic E-state index is 12.1. The van der Waals surface area contributed by atoms with Gasteiger partial charge < -0.3 is 14.6 Å². The summed E-state index contributed by atoms with van der Waals surface area (Å²) in [6, 6.07) is 9.77. The van der Waals surface area contributed by atoms with E-state index in [4.69, 9.17) is 4.74 Å². The quantitative estimate of drug-likeness (QED) is 0.756. The van der Waals surface area contributed by atoms with E-state index in [0.29, 0.717) is 6.54 Å². The number of carbonyl (C=O) groups excluding carboxylic acids is 1. The normalized spacial score (nSPS) is 10.9. The number of aryl methyl sites for hydroxylation is 1. The second-order valence-electron chi connectivity index (χ2n) is 5.76. The molecule has 2 heterocycles. The molecule has 0 saturated heterocycles. The molecule has 6 nitrogen and oxygen atoms in total. The van der Waals surface area contributed by atoms with Gasteiger partial charge in [0.15, 0.2) is 0 Å². The van der Waals surface area contributed by atoms with E-state index in [-0.39, 0.29) is 19.1 Å². The van der Waals surface area contributed by atoms with Gasteiger partial charge in [0.25, 0.3) is 0 Å². The van der Waals surface area contributed by atoms with Gasteiger partial charge in [-0.25, -0.2) is 4.98 Å². The van der Waals surface area contributed by atoms with Crippen LogP contribution in [0.5, 0.6) is 0 Å². The van der Waals surface area contributed by atoms with Crippen LogP contribution in [0.15, 0.2) is 42.7 Å². The van der Waals surface area contributed by atoms with Gasteiger partial charge in [-0.2, -0.15) is 0 Å². The molecule has 0 aliphatic heterocycles. The van der Waals surface area contributed by atoms with E-state index in [1.54, 1.807) is 24.3 Å². The molecule has 3 rings (SSSR count). The molecule has 6 heteroatoms. The summed E-state index contributed by atoms with van der Waals surface area (Å²) in [4.78, 5) is 25.5. The van der Waals surface area contributed by atoms with Crippen molar-refractivity contribution >= 4 is 16.9 Å². The molecule has 0 aliphatic carbocycles. The van der Waals surface area contributed by atoms with Crippen LogP contribution in [0.25, 0.3) is 11.0 Å². The van der Waals surface area contributed by atoms with Crippen LogP contribution in [-0.4, -0.2) is 39.4 Å². The van der Waals surface area contributed by atoms with Crippen molar-refractivity contribution in [2.45, 2.75) is 20.1 Å². The van der Waals surface area contributed by atoms with Gasteiger partial charge in [0.05, 0.1) is 11.0 Å². The van der Waals surface area contributed by atoms with Crippen molar-refractivity contribution in [2.75, 3.05) is 13.7 Å². The van der Waals surface area contributed by atoms with Crippen LogP contribution in [0.2, 0.25) is 0 Å². The Hall–Kier alpha value is -2.73. The fourth-order valence-corrected chi connectivity index (χ4v) is 2.49. The molecule has 124 valence electrons. The predicted octanol–water partition coefficient (Wildman–Crippen LogP) is 2.44. The van der Waals surface area contributed by atoms with Gasteiger partial charge in [0, 0.05) is 26.0 Å². The number of benzene rings is 1. The second-order valence-corrected chi connectivity index (χ2v) is 5.76. The molecule has 1 amide bonds. The number of aromatic nitrogens is 3. The maximum Gasteiger partial charge on any atom is 0.248 e. The highest BCUT2D eigenvalue weighted by molar-refractivity contribution is 5.78. The topological polar surface area (TPSA) is 71.1 Å². The summed E-state index contributed by atoms with van der Waals surface area (Å²) < 4.78 is 5.51. The Bertz CT molecular complexity index is 829. The number of imidazole rings is 1. The van der Waals surface area contributed by atoms with Gasteiger partial charge in [-0.15, -0.1) is 0 Å². The molecule has 0 radical (unpaired) electrons. The Kier molecular flexibility index (Phi) is 4.86. The number of ether oxygens (including phenoxy) is 1. The van der Waals surface area contributed by atoms with Gasteiger partial charge in [-0.1, -0.05) is 18.2 Å². The number of fused-ring (bicyclic) bond motifs is 1. The van der Waals surface area contributed by atoms with Crippen LogP contribution in [0, 0.1) is 6.92 Å². The minimum absolute atomic E-state index is 0.0206. The predicted molar refractivity (Wildman–Crippen MR) is 91.2 cm³/mol. The lowest BCUT2D eigenvalue weighted by Gasteiger charge is -2.16. The third-order valence-electron chi connectivity index (χ3n) is 3.80. The standard InChI is InChI=1S/C18H20N4O2/c1-13-5-3-7-15-18(13)21-16(20-15)11-24-12-17(23)22(2)10-14-6-4-8-19-9-14/h3-9H,10-12H2,1-2H3,(H,20,21). The van der Waals surface area contributed by atoms with Gasteiger partial charge in [-0.05, 0) is 30.2 Å².